The van der Waals surface area contributed by atoms with E-state index in [1.165, 1.54) is 11.3 Å². The summed E-state index contributed by atoms with van der Waals surface area (Å²) in [4.78, 5) is 23.4. The molecule has 1 amide bonds. The van der Waals surface area contributed by atoms with Crippen LogP contribution in [0.3, 0.4) is 0 Å². The van der Waals surface area contributed by atoms with Crippen LogP contribution in [0.4, 0.5) is 8.78 Å². The highest BCUT2D eigenvalue weighted by Crippen LogP contribution is 2.44. The normalized spacial score (nSPS) is 17.6. The van der Waals surface area contributed by atoms with Crippen molar-refractivity contribution in [3.8, 4) is 0 Å². The van der Waals surface area contributed by atoms with Gasteiger partial charge >= 0.3 is 5.92 Å². The molecule has 0 bridgehead atoms. The summed E-state index contributed by atoms with van der Waals surface area (Å²) in [6, 6.07) is 3.21. The molecule has 7 heteroatoms. The van der Waals surface area contributed by atoms with Crippen molar-refractivity contribution in [3.05, 3.63) is 22.4 Å². The predicted octanol–water partition coefficient (Wildman–Crippen LogP) is 1.60. The zero-order valence-electron chi connectivity index (χ0n) is 9.99. The number of alkyl halides is 2. The zero-order chi connectivity index (χ0) is 14.1. The van der Waals surface area contributed by atoms with Crippen molar-refractivity contribution in [1.82, 2.24) is 5.32 Å². The van der Waals surface area contributed by atoms with Gasteiger partial charge in [0.25, 0.3) is 5.91 Å². The van der Waals surface area contributed by atoms with Crippen molar-refractivity contribution in [2.75, 3.05) is 6.54 Å². The number of halogens is 2. The number of aliphatic hydroxyl groups is 1. The van der Waals surface area contributed by atoms with Gasteiger partial charge in [0.2, 0.25) is 0 Å². The lowest BCUT2D eigenvalue weighted by atomic mass is 9.75. The molecule has 1 aliphatic carbocycles. The van der Waals surface area contributed by atoms with E-state index in [0.29, 0.717) is 11.3 Å². The van der Waals surface area contributed by atoms with Gasteiger partial charge in [0, 0.05) is 0 Å². The molecule has 2 rings (SSSR count). The Morgan fingerprint density at radius 3 is 2.63 bits per heavy atom. The fourth-order valence-electron chi connectivity index (χ4n) is 1.83. The summed E-state index contributed by atoms with van der Waals surface area (Å²) >= 11 is 1.17. The third-order valence-corrected chi connectivity index (χ3v) is 4.17. The van der Waals surface area contributed by atoms with Crippen LogP contribution in [0.25, 0.3) is 0 Å². The third-order valence-electron chi connectivity index (χ3n) is 3.26. The molecule has 1 aliphatic rings. The summed E-state index contributed by atoms with van der Waals surface area (Å²) in [5.41, 5.74) is -2.26. The SMILES string of the molecule is O=C(CNC(=O)C(F)(F)C1(O)CCC1)c1cccs1. The van der Waals surface area contributed by atoms with Crippen LogP contribution in [-0.2, 0) is 4.79 Å². The lowest BCUT2D eigenvalue weighted by Gasteiger charge is -2.41. The van der Waals surface area contributed by atoms with E-state index in [1.807, 2.05) is 5.32 Å². The number of nitrogens with one attached hydrogen (secondary N) is 1. The Hall–Kier alpha value is -1.34. The molecule has 1 saturated carbocycles. The van der Waals surface area contributed by atoms with Crippen LogP contribution in [0.15, 0.2) is 17.5 Å². The first-order valence-corrected chi connectivity index (χ1v) is 6.70. The molecule has 1 heterocycles. The second-order valence-electron chi connectivity index (χ2n) is 4.54. The van der Waals surface area contributed by atoms with E-state index in [-0.39, 0.29) is 12.8 Å². The molecule has 0 aliphatic heterocycles. The lowest BCUT2D eigenvalue weighted by Crippen LogP contribution is -2.61. The first-order valence-electron chi connectivity index (χ1n) is 5.82. The molecule has 2 N–H and O–H groups in total. The number of hydrogen-bond acceptors (Lipinski definition) is 4. The van der Waals surface area contributed by atoms with Gasteiger partial charge in [0.1, 0.15) is 5.60 Å². The molecule has 0 spiro atoms. The number of rotatable bonds is 5. The molecule has 0 saturated heterocycles. The Balaban J connectivity index is 1.92. The summed E-state index contributed by atoms with van der Waals surface area (Å²) in [7, 11) is 0. The van der Waals surface area contributed by atoms with Gasteiger partial charge < -0.3 is 10.4 Å². The van der Waals surface area contributed by atoms with Crippen molar-refractivity contribution in [1.29, 1.82) is 0 Å². The van der Waals surface area contributed by atoms with E-state index in [0.717, 1.165) is 0 Å². The maximum Gasteiger partial charge on any atom is 0.352 e. The quantitative estimate of drug-likeness (QED) is 0.809. The van der Waals surface area contributed by atoms with Crippen LogP contribution in [-0.4, -0.2) is 34.9 Å². The number of amides is 1. The zero-order valence-corrected chi connectivity index (χ0v) is 10.8. The molecule has 1 fully saturated rings. The van der Waals surface area contributed by atoms with E-state index < -0.39 is 29.8 Å². The lowest BCUT2D eigenvalue weighted by molar-refractivity contribution is -0.215. The van der Waals surface area contributed by atoms with Crippen molar-refractivity contribution in [2.24, 2.45) is 0 Å². The number of carbonyl (C=O) groups is 2. The van der Waals surface area contributed by atoms with Gasteiger partial charge in [0.15, 0.2) is 5.78 Å². The molecule has 0 aromatic carbocycles. The average Bonchev–Trinajstić information content (AvgIpc) is 2.85. The fraction of sp³-hybridized carbons (Fsp3) is 0.500. The molecule has 0 radical (unpaired) electrons. The van der Waals surface area contributed by atoms with E-state index in [1.54, 1.807) is 17.5 Å². The Morgan fingerprint density at radius 2 is 2.16 bits per heavy atom. The van der Waals surface area contributed by atoms with Gasteiger partial charge in [-0.05, 0) is 30.7 Å². The fourth-order valence-corrected chi connectivity index (χ4v) is 2.50. The number of thiophene rings is 1. The maximum absolute atomic E-state index is 13.7. The van der Waals surface area contributed by atoms with E-state index in [9.17, 15) is 23.5 Å². The Morgan fingerprint density at radius 1 is 1.47 bits per heavy atom. The molecule has 4 nitrogen and oxygen atoms in total. The van der Waals surface area contributed by atoms with E-state index >= 15 is 0 Å². The van der Waals surface area contributed by atoms with Crippen molar-refractivity contribution in [2.45, 2.75) is 30.8 Å². The van der Waals surface area contributed by atoms with Gasteiger partial charge in [-0.1, -0.05) is 6.07 Å². The summed E-state index contributed by atoms with van der Waals surface area (Å²) in [5.74, 6) is -5.89. The topological polar surface area (TPSA) is 66.4 Å². The highest BCUT2D eigenvalue weighted by atomic mass is 32.1. The minimum atomic E-state index is -3.86. The minimum absolute atomic E-state index is 0.105. The van der Waals surface area contributed by atoms with Crippen molar-refractivity contribution >= 4 is 23.0 Å². The van der Waals surface area contributed by atoms with Crippen molar-refractivity contribution < 1.29 is 23.5 Å². The van der Waals surface area contributed by atoms with Crippen LogP contribution in [0.1, 0.15) is 28.9 Å². The van der Waals surface area contributed by atoms with Crippen LogP contribution in [0.2, 0.25) is 0 Å². The molecule has 104 valence electrons. The first kappa shape index (κ1) is 14.1. The molecular formula is C12H13F2NO3S. The molecule has 0 atom stereocenters. The summed E-state index contributed by atoms with van der Waals surface area (Å²) in [5, 5.41) is 13.1. The standard InChI is InChI=1S/C12H13F2NO3S/c13-12(14,11(18)4-2-5-11)10(17)15-7-8(16)9-3-1-6-19-9/h1,3,6,18H,2,4-5,7H2,(H,15,17). The average molecular weight is 289 g/mol. The van der Waals surface area contributed by atoms with E-state index in [2.05, 4.69) is 0 Å². The smallest absolute Gasteiger partial charge is 0.352 e. The van der Waals surface area contributed by atoms with Crippen molar-refractivity contribution in [3.63, 3.8) is 0 Å². The third kappa shape index (κ3) is 2.52. The molecule has 19 heavy (non-hydrogen) atoms. The second kappa shape index (κ2) is 4.97. The Kier molecular flexibility index (Phi) is 3.69. The maximum atomic E-state index is 13.7. The van der Waals surface area contributed by atoms with Crippen LogP contribution in [0.5, 0.6) is 0 Å². The van der Waals surface area contributed by atoms with Crippen LogP contribution >= 0.6 is 11.3 Å². The monoisotopic (exact) mass is 289 g/mol. The minimum Gasteiger partial charge on any atom is -0.383 e. The van der Waals surface area contributed by atoms with Gasteiger partial charge in [-0.3, -0.25) is 9.59 Å². The number of carbonyl (C=O) groups excluding carboxylic acids is 2. The molecule has 1 aromatic heterocycles. The first-order chi connectivity index (χ1) is 8.87. The van der Waals surface area contributed by atoms with Gasteiger partial charge in [0.05, 0.1) is 11.4 Å². The van der Waals surface area contributed by atoms with Gasteiger partial charge in [-0.15, -0.1) is 11.3 Å². The summed E-state index contributed by atoms with van der Waals surface area (Å²) < 4.78 is 27.3. The highest BCUT2D eigenvalue weighted by Gasteiger charge is 2.61. The molecular weight excluding hydrogens is 276 g/mol. The highest BCUT2D eigenvalue weighted by molar-refractivity contribution is 7.12. The number of ketones is 1. The largest absolute Gasteiger partial charge is 0.383 e. The molecule has 0 unspecified atom stereocenters. The summed E-state index contributed by atoms with van der Waals surface area (Å²) in [6.45, 7) is -0.495. The number of Topliss-reactive ketones (excluding diaryl/α,β-unsaturated/α-hetero) is 1. The van der Waals surface area contributed by atoms with Gasteiger partial charge in [-0.2, -0.15) is 8.78 Å². The molecule has 1 aromatic rings. The Labute approximate surface area is 112 Å². The second-order valence-corrected chi connectivity index (χ2v) is 5.49. The van der Waals surface area contributed by atoms with Gasteiger partial charge in [-0.25, -0.2) is 0 Å². The van der Waals surface area contributed by atoms with Crippen LogP contribution in [0, 0.1) is 0 Å². The number of hydrogen-bond donors (Lipinski definition) is 2. The van der Waals surface area contributed by atoms with E-state index in [4.69, 9.17) is 0 Å². The Bertz CT molecular complexity index is 483. The predicted molar refractivity (Wildman–Crippen MR) is 65.4 cm³/mol. The van der Waals surface area contributed by atoms with Crippen LogP contribution < -0.4 is 5.32 Å². The summed E-state index contributed by atoms with van der Waals surface area (Å²) in [6.07, 6.45) is 0.256.